The van der Waals surface area contributed by atoms with E-state index in [0.717, 1.165) is 18.2 Å². The van der Waals surface area contributed by atoms with Crippen molar-refractivity contribution < 1.29 is 0 Å². The second kappa shape index (κ2) is 3.63. The molecule has 1 heterocycles. The van der Waals surface area contributed by atoms with Crippen LogP contribution in [-0.4, -0.2) is 11.5 Å². The van der Waals surface area contributed by atoms with Crippen LogP contribution in [0.5, 0.6) is 0 Å². The maximum atomic E-state index is 4.61. The Bertz CT molecular complexity index is 307. The van der Waals surface area contributed by atoms with Crippen LogP contribution < -0.4 is 5.32 Å². The second-order valence-electron chi connectivity index (χ2n) is 4.42. The first-order valence-electron chi connectivity index (χ1n) is 5.34. The number of hydrogen-bond donors (Lipinski definition) is 1. The van der Waals surface area contributed by atoms with Crippen LogP contribution in [0.1, 0.15) is 37.4 Å². The van der Waals surface area contributed by atoms with E-state index in [1.165, 1.54) is 17.8 Å². The monoisotopic (exact) mass is 210 g/mol. The molecule has 2 nitrogen and oxygen atoms in total. The summed E-state index contributed by atoms with van der Waals surface area (Å²) in [7, 11) is 0. The lowest BCUT2D eigenvalue weighted by molar-refractivity contribution is 0.117. The Balaban J connectivity index is 2.19. The lowest BCUT2D eigenvalue weighted by atomic mass is 9.69. The summed E-state index contributed by atoms with van der Waals surface area (Å²) in [5, 5.41) is 7.04. The first-order chi connectivity index (χ1) is 6.66. The summed E-state index contributed by atoms with van der Waals surface area (Å²) in [5.74, 6) is 0.846. The maximum absolute atomic E-state index is 4.61. The molecule has 78 valence electrons. The van der Waals surface area contributed by atoms with Crippen molar-refractivity contribution in [3.8, 4) is 0 Å². The van der Waals surface area contributed by atoms with Gasteiger partial charge < -0.3 is 5.32 Å². The summed E-state index contributed by atoms with van der Waals surface area (Å²) in [6, 6.07) is 0. The van der Waals surface area contributed by atoms with E-state index in [1.54, 1.807) is 11.3 Å². The molecule has 0 atom stereocenters. The highest BCUT2D eigenvalue weighted by Crippen LogP contribution is 2.46. The number of thiazole rings is 1. The summed E-state index contributed by atoms with van der Waals surface area (Å²) in [4.78, 5) is 4.61. The average molecular weight is 210 g/mol. The highest BCUT2D eigenvalue weighted by atomic mass is 32.1. The maximum Gasteiger partial charge on any atom is 0.113 e. The summed E-state index contributed by atoms with van der Waals surface area (Å²) < 4.78 is 0. The van der Waals surface area contributed by atoms with Gasteiger partial charge in [-0.1, -0.05) is 13.8 Å². The van der Waals surface area contributed by atoms with Gasteiger partial charge in [-0.25, -0.2) is 4.98 Å². The first kappa shape index (κ1) is 10.1. The van der Waals surface area contributed by atoms with Gasteiger partial charge in [0.15, 0.2) is 0 Å². The number of aromatic nitrogens is 1. The quantitative estimate of drug-likeness (QED) is 0.829. The zero-order chi connectivity index (χ0) is 10.2. The van der Waals surface area contributed by atoms with Gasteiger partial charge in [0, 0.05) is 11.1 Å². The number of aryl methyl sites for hydroxylation is 1. The van der Waals surface area contributed by atoms with E-state index in [2.05, 4.69) is 36.5 Å². The molecule has 1 saturated carbocycles. The van der Waals surface area contributed by atoms with E-state index in [1.807, 2.05) is 0 Å². The Labute approximate surface area is 89.8 Å². The van der Waals surface area contributed by atoms with Crippen LogP contribution in [0.4, 0.5) is 0 Å². The smallest absolute Gasteiger partial charge is 0.113 e. The normalized spacial score (nSPS) is 31.5. The van der Waals surface area contributed by atoms with Gasteiger partial charge in [0.05, 0.1) is 5.54 Å². The molecule has 1 aromatic heterocycles. The molecule has 1 aliphatic carbocycles. The van der Waals surface area contributed by atoms with Gasteiger partial charge in [-0.2, -0.15) is 0 Å². The van der Waals surface area contributed by atoms with Crippen molar-refractivity contribution in [1.82, 2.24) is 10.3 Å². The van der Waals surface area contributed by atoms with Crippen molar-refractivity contribution in [2.75, 3.05) is 6.54 Å². The van der Waals surface area contributed by atoms with Crippen molar-refractivity contribution in [3.05, 3.63) is 16.1 Å². The van der Waals surface area contributed by atoms with Crippen LogP contribution in [0, 0.1) is 12.8 Å². The third-order valence-electron chi connectivity index (χ3n) is 2.94. The molecule has 3 heteroatoms. The Morgan fingerprint density at radius 3 is 2.79 bits per heavy atom. The third-order valence-corrected chi connectivity index (χ3v) is 4.10. The lowest BCUT2D eigenvalue weighted by Crippen LogP contribution is -2.51. The molecule has 1 N–H and O–H groups in total. The van der Waals surface area contributed by atoms with Gasteiger partial charge in [-0.05, 0) is 32.2 Å². The van der Waals surface area contributed by atoms with E-state index in [4.69, 9.17) is 0 Å². The zero-order valence-electron chi connectivity index (χ0n) is 9.13. The van der Waals surface area contributed by atoms with Gasteiger partial charge in [0.1, 0.15) is 5.01 Å². The minimum absolute atomic E-state index is 0.215. The van der Waals surface area contributed by atoms with Gasteiger partial charge in [0.2, 0.25) is 0 Å². The predicted molar refractivity (Wildman–Crippen MR) is 60.6 cm³/mol. The van der Waals surface area contributed by atoms with Crippen molar-refractivity contribution in [2.24, 2.45) is 5.92 Å². The fraction of sp³-hybridized carbons (Fsp3) is 0.727. The van der Waals surface area contributed by atoms with Crippen LogP contribution in [0.3, 0.4) is 0 Å². The predicted octanol–water partition coefficient (Wildman–Crippen LogP) is 2.69. The molecule has 0 radical (unpaired) electrons. The highest BCUT2D eigenvalue weighted by molar-refractivity contribution is 7.09. The molecule has 0 aliphatic heterocycles. The molecule has 1 aliphatic rings. The first-order valence-corrected chi connectivity index (χ1v) is 6.22. The fourth-order valence-electron chi connectivity index (χ4n) is 2.44. The molecule has 0 amide bonds. The van der Waals surface area contributed by atoms with Crippen molar-refractivity contribution >= 4 is 11.3 Å². The summed E-state index contributed by atoms with van der Waals surface area (Å²) >= 11 is 1.80. The van der Waals surface area contributed by atoms with E-state index in [-0.39, 0.29) is 5.54 Å². The summed E-state index contributed by atoms with van der Waals surface area (Å²) in [6.07, 6.45) is 2.49. The zero-order valence-corrected chi connectivity index (χ0v) is 9.95. The minimum atomic E-state index is 0.215. The molecule has 1 fully saturated rings. The van der Waals surface area contributed by atoms with Crippen LogP contribution in [0.15, 0.2) is 5.38 Å². The SMILES string of the molecule is CCNC1(c2nc(C)cs2)CC(C)C1. The van der Waals surface area contributed by atoms with Crippen molar-refractivity contribution in [3.63, 3.8) is 0 Å². The number of hydrogen-bond acceptors (Lipinski definition) is 3. The molecular weight excluding hydrogens is 192 g/mol. The van der Waals surface area contributed by atoms with E-state index in [0.29, 0.717) is 0 Å². The van der Waals surface area contributed by atoms with Gasteiger partial charge in [0.25, 0.3) is 0 Å². The standard InChI is InChI=1S/C11H18N2S/c1-4-12-11(5-8(2)6-11)10-13-9(3)7-14-10/h7-8,12H,4-6H2,1-3H3. The Morgan fingerprint density at radius 2 is 2.36 bits per heavy atom. The van der Waals surface area contributed by atoms with Crippen molar-refractivity contribution in [1.29, 1.82) is 0 Å². The highest BCUT2D eigenvalue weighted by Gasteiger charge is 2.44. The minimum Gasteiger partial charge on any atom is -0.306 e. The van der Waals surface area contributed by atoms with Gasteiger partial charge >= 0.3 is 0 Å². The molecule has 0 saturated heterocycles. The van der Waals surface area contributed by atoms with Gasteiger partial charge in [-0.3, -0.25) is 0 Å². The van der Waals surface area contributed by atoms with Crippen LogP contribution in [-0.2, 0) is 5.54 Å². The molecule has 14 heavy (non-hydrogen) atoms. The van der Waals surface area contributed by atoms with E-state index < -0.39 is 0 Å². The second-order valence-corrected chi connectivity index (χ2v) is 5.28. The molecule has 0 aromatic carbocycles. The summed E-state index contributed by atoms with van der Waals surface area (Å²) in [6.45, 7) is 7.59. The molecule has 0 unspecified atom stereocenters. The lowest BCUT2D eigenvalue weighted by Gasteiger charge is -2.45. The summed E-state index contributed by atoms with van der Waals surface area (Å²) in [5.41, 5.74) is 1.37. The Hall–Kier alpha value is -0.410. The average Bonchev–Trinajstić information content (AvgIpc) is 2.49. The molecular formula is C11H18N2S. The Kier molecular flexibility index (Phi) is 2.62. The molecule has 2 rings (SSSR count). The number of rotatable bonds is 3. The van der Waals surface area contributed by atoms with Crippen LogP contribution in [0.2, 0.25) is 0 Å². The largest absolute Gasteiger partial charge is 0.306 e. The van der Waals surface area contributed by atoms with Crippen LogP contribution in [0.25, 0.3) is 0 Å². The molecule has 1 aromatic rings. The number of nitrogens with one attached hydrogen (secondary N) is 1. The topological polar surface area (TPSA) is 24.9 Å². The molecule has 0 bridgehead atoms. The third kappa shape index (κ3) is 1.59. The van der Waals surface area contributed by atoms with Gasteiger partial charge in [-0.15, -0.1) is 11.3 Å². The van der Waals surface area contributed by atoms with Crippen molar-refractivity contribution in [2.45, 2.75) is 39.2 Å². The van der Waals surface area contributed by atoms with E-state index >= 15 is 0 Å². The van der Waals surface area contributed by atoms with E-state index in [9.17, 15) is 0 Å². The molecule has 0 spiro atoms. The Morgan fingerprint density at radius 1 is 1.64 bits per heavy atom. The fourth-order valence-corrected chi connectivity index (χ4v) is 3.43. The number of nitrogens with zero attached hydrogens (tertiary/aromatic N) is 1. The van der Waals surface area contributed by atoms with Crippen LogP contribution >= 0.6 is 11.3 Å².